The van der Waals surface area contributed by atoms with Gasteiger partial charge in [-0.15, -0.1) is 11.8 Å². The van der Waals surface area contributed by atoms with Gasteiger partial charge in [-0.1, -0.05) is 25.4 Å². The predicted molar refractivity (Wildman–Crippen MR) is 72.6 cm³/mol. The summed E-state index contributed by atoms with van der Waals surface area (Å²) in [4.78, 5) is 1.04. The number of hydrogen-bond donors (Lipinski definition) is 2. The maximum atomic E-state index is 7.50. The quantitative estimate of drug-likeness (QED) is 0.479. The van der Waals surface area contributed by atoms with Gasteiger partial charge in [0.2, 0.25) is 0 Å². The molecule has 0 radical (unpaired) electrons. The first-order valence-corrected chi connectivity index (χ1v) is 6.64. The minimum Gasteiger partial charge on any atom is -0.384 e. The van der Waals surface area contributed by atoms with Crippen LogP contribution in [-0.4, -0.2) is 11.6 Å². The van der Waals surface area contributed by atoms with Crippen LogP contribution >= 0.6 is 23.4 Å². The number of hydrogen-bond acceptors (Lipinski definition) is 2. The first-order valence-electron chi connectivity index (χ1n) is 5.27. The largest absolute Gasteiger partial charge is 0.384 e. The molecule has 16 heavy (non-hydrogen) atoms. The summed E-state index contributed by atoms with van der Waals surface area (Å²) in [6.45, 7) is 4.41. The lowest BCUT2D eigenvalue weighted by Gasteiger charge is -2.09. The lowest BCUT2D eigenvalue weighted by atomic mass is 10.2. The molecule has 0 aliphatic carbocycles. The second-order valence-corrected chi connectivity index (χ2v) is 5.66. The first-order chi connectivity index (χ1) is 7.50. The van der Waals surface area contributed by atoms with Gasteiger partial charge in [0.15, 0.2) is 0 Å². The van der Waals surface area contributed by atoms with E-state index in [1.807, 2.05) is 12.1 Å². The summed E-state index contributed by atoms with van der Waals surface area (Å²) < 4.78 is 0. The van der Waals surface area contributed by atoms with E-state index in [4.69, 9.17) is 22.7 Å². The molecular weight excluding hydrogens is 240 g/mol. The van der Waals surface area contributed by atoms with Gasteiger partial charge in [0.1, 0.15) is 5.84 Å². The molecular formula is C12H17ClN2S. The number of nitrogen functional groups attached to an aromatic ring is 1. The van der Waals surface area contributed by atoms with E-state index < -0.39 is 0 Å². The van der Waals surface area contributed by atoms with Crippen LogP contribution in [0.4, 0.5) is 0 Å². The smallest absolute Gasteiger partial charge is 0.123 e. The van der Waals surface area contributed by atoms with Crippen molar-refractivity contribution in [2.75, 3.05) is 5.75 Å². The molecule has 3 N–H and O–H groups in total. The fraction of sp³-hybridized carbons (Fsp3) is 0.417. The molecule has 1 aromatic rings. The van der Waals surface area contributed by atoms with Gasteiger partial charge in [-0.25, -0.2) is 0 Å². The van der Waals surface area contributed by atoms with Crippen LogP contribution in [0.5, 0.6) is 0 Å². The van der Waals surface area contributed by atoms with Crippen LogP contribution in [0.3, 0.4) is 0 Å². The Bertz CT molecular complexity index is 377. The van der Waals surface area contributed by atoms with Crippen LogP contribution < -0.4 is 5.73 Å². The van der Waals surface area contributed by atoms with Crippen molar-refractivity contribution < 1.29 is 0 Å². The Morgan fingerprint density at radius 3 is 2.75 bits per heavy atom. The number of amidine groups is 1. The Morgan fingerprint density at radius 2 is 2.19 bits per heavy atom. The van der Waals surface area contributed by atoms with E-state index in [-0.39, 0.29) is 5.84 Å². The van der Waals surface area contributed by atoms with Crippen molar-refractivity contribution in [3.63, 3.8) is 0 Å². The number of halogens is 1. The molecule has 0 unspecified atom stereocenters. The van der Waals surface area contributed by atoms with Crippen molar-refractivity contribution in [2.24, 2.45) is 11.7 Å². The average Bonchev–Trinajstić information content (AvgIpc) is 2.19. The van der Waals surface area contributed by atoms with E-state index in [1.54, 1.807) is 17.8 Å². The fourth-order valence-corrected chi connectivity index (χ4v) is 2.71. The Balaban J connectivity index is 2.75. The Kier molecular flexibility index (Phi) is 5.16. The van der Waals surface area contributed by atoms with E-state index in [0.717, 1.165) is 22.6 Å². The average molecular weight is 257 g/mol. The van der Waals surface area contributed by atoms with Crippen molar-refractivity contribution in [1.82, 2.24) is 0 Å². The number of thioether (sulfide) groups is 1. The second kappa shape index (κ2) is 6.16. The van der Waals surface area contributed by atoms with Gasteiger partial charge in [-0.05, 0) is 36.3 Å². The summed E-state index contributed by atoms with van der Waals surface area (Å²) in [5.41, 5.74) is 6.26. The minimum absolute atomic E-state index is 0.0783. The van der Waals surface area contributed by atoms with E-state index in [0.29, 0.717) is 10.9 Å². The molecule has 0 saturated carbocycles. The lowest BCUT2D eigenvalue weighted by molar-refractivity contribution is 0.632. The predicted octanol–water partition coefficient (Wildman–Crippen LogP) is 3.76. The monoisotopic (exact) mass is 256 g/mol. The van der Waals surface area contributed by atoms with Crippen LogP contribution in [0.15, 0.2) is 23.1 Å². The lowest BCUT2D eigenvalue weighted by Crippen LogP contribution is -2.12. The number of rotatable bonds is 5. The highest BCUT2D eigenvalue weighted by Crippen LogP contribution is 2.26. The third-order valence-corrected chi connectivity index (χ3v) is 3.53. The number of nitrogens with two attached hydrogens (primary N) is 1. The molecule has 0 bridgehead atoms. The molecule has 0 spiro atoms. The highest BCUT2D eigenvalue weighted by molar-refractivity contribution is 7.99. The van der Waals surface area contributed by atoms with Gasteiger partial charge in [-0.2, -0.15) is 0 Å². The third-order valence-electron chi connectivity index (χ3n) is 2.18. The minimum atomic E-state index is 0.0783. The topological polar surface area (TPSA) is 49.9 Å². The Labute approximate surface area is 106 Å². The van der Waals surface area contributed by atoms with Crippen molar-refractivity contribution >= 4 is 29.2 Å². The maximum Gasteiger partial charge on any atom is 0.123 e. The summed E-state index contributed by atoms with van der Waals surface area (Å²) in [5.74, 6) is 1.81. The molecule has 0 saturated heterocycles. The van der Waals surface area contributed by atoms with Crippen LogP contribution in [0.25, 0.3) is 0 Å². The third kappa shape index (κ3) is 4.06. The molecule has 4 heteroatoms. The number of benzene rings is 1. The molecule has 0 amide bonds. The summed E-state index contributed by atoms with van der Waals surface area (Å²) in [7, 11) is 0. The van der Waals surface area contributed by atoms with Crippen molar-refractivity contribution in [3.8, 4) is 0 Å². The zero-order valence-electron chi connectivity index (χ0n) is 9.59. The summed E-state index contributed by atoms with van der Waals surface area (Å²) in [5, 5.41) is 8.12. The molecule has 0 heterocycles. The standard InChI is InChI=1S/C12H17ClN2S/c1-8(2)5-6-16-11-4-3-9(13)7-10(11)12(14)15/h3-4,7-8H,5-6H2,1-2H3,(H3,14,15). The van der Waals surface area contributed by atoms with Crippen LogP contribution in [0.1, 0.15) is 25.8 Å². The zero-order valence-corrected chi connectivity index (χ0v) is 11.2. The highest BCUT2D eigenvalue weighted by atomic mass is 35.5. The summed E-state index contributed by atoms with van der Waals surface area (Å²) in [6.07, 6.45) is 1.16. The van der Waals surface area contributed by atoms with Crippen molar-refractivity contribution in [2.45, 2.75) is 25.2 Å². The van der Waals surface area contributed by atoms with E-state index in [1.165, 1.54) is 0 Å². The Hall–Kier alpha value is -0.670. The highest BCUT2D eigenvalue weighted by Gasteiger charge is 2.07. The van der Waals surface area contributed by atoms with E-state index in [9.17, 15) is 0 Å². The maximum absolute atomic E-state index is 7.50. The van der Waals surface area contributed by atoms with Gasteiger partial charge in [0, 0.05) is 15.5 Å². The van der Waals surface area contributed by atoms with E-state index in [2.05, 4.69) is 13.8 Å². The van der Waals surface area contributed by atoms with Crippen LogP contribution in [-0.2, 0) is 0 Å². The Morgan fingerprint density at radius 1 is 1.50 bits per heavy atom. The van der Waals surface area contributed by atoms with Gasteiger partial charge in [0.05, 0.1) is 0 Å². The summed E-state index contributed by atoms with van der Waals surface area (Å²) >= 11 is 7.62. The van der Waals surface area contributed by atoms with Crippen molar-refractivity contribution in [1.29, 1.82) is 5.41 Å². The summed E-state index contributed by atoms with van der Waals surface area (Å²) in [6, 6.07) is 5.53. The van der Waals surface area contributed by atoms with Crippen molar-refractivity contribution in [3.05, 3.63) is 28.8 Å². The molecule has 0 aromatic heterocycles. The molecule has 88 valence electrons. The van der Waals surface area contributed by atoms with Gasteiger partial charge >= 0.3 is 0 Å². The molecule has 0 fully saturated rings. The normalized spacial score (nSPS) is 10.8. The van der Waals surface area contributed by atoms with E-state index >= 15 is 0 Å². The van der Waals surface area contributed by atoms with Crippen LogP contribution in [0.2, 0.25) is 5.02 Å². The fourth-order valence-electron chi connectivity index (χ4n) is 1.24. The molecule has 0 atom stereocenters. The molecule has 0 aliphatic heterocycles. The second-order valence-electron chi connectivity index (χ2n) is 4.09. The van der Waals surface area contributed by atoms with Gasteiger partial charge in [0.25, 0.3) is 0 Å². The molecule has 1 rings (SSSR count). The molecule has 0 aliphatic rings. The SMILES string of the molecule is CC(C)CCSc1ccc(Cl)cc1C(=N)N. The number of nitrogens with one attached hydrogen (secondary N) is 1. The van der Waals surface area contributed by atoms with Crippen LogP contribution in [0, 0.1) is 11.3 Å². The van der Waals surface area contributed by atoms with Gasteiger partial charge < -0.3 is 5.73 Å². The zero-order chi connectivity index (χ0) is 12.1. The first kappa shape index (κ1) is 13.4. The molecule has 1 aromatic carbocycles. The van der Waals surface area contributed by atoms with Gasteiger partial charge in [-0.3, -0.25) is 5.41 Å². The molecule has 2 nitrogen and oxygen atoms in total.